The molecule has 0 bridgehead atoms. The minimum Gasteiger partial charge on any atom is -0.480 e. The second-order valence-electron chi connectivity index (χ2n) is 2.44. The molecule has 80 valence electrons. The van der Waals surface area contributed by atoms with Gasteiger partial charge in [-0.1, -0.05) is 0 Å². The van der Waals surface area contributed by atoms with Crippen molar-refractivity contribution in [2.75, 3.05) is 12.4 Å². The first-order valence-corrected chi connectivity index (χ1v) is 5.29. The number of aliphatic carboxylic acids is 1. The van der Waals surface area contributed by atoms with Gasteiger partial charge in [-0.15, -0.1) is 0 Å². The summed E-state index contributed by atoms with van der Waals surface area (Å²) >= 11 is 0. The van der Waals surface area contributed by atoms with E-state index in [0.29, 0.717) is 0 Å². The molecule has 0 spiro atoms. The molecule has 1 atom stereocenters. The van der Waals surface area contributed by atoms with Gasteiger partial charge >= 0.3 is 5.97 Å². The van der Waals surface area contributed by atoms with E-state index in [0.717, 1.165) is 0 Å². The molecule has 0 aromatic carbocycles. The van der Waals surface area contributed by atoms with Crippen LogP contribution < -0.4 is 4.72 Å². The maximum absolute atomic E-state index is 10.9. The number of carboxylic acid groups (broad SMARTS) is 1. The van der Waals surface area contributed by atoms with Crippen LogP contribution in [-0.2, 0) is 14.8 Å². The third-order valence-corrected chi connectivity index (χ3v) is 2.45. The molecule has 0 fully saturated rings. The zero-order chi connectivity index (χ0) is 11.2. The van der Waals surface area contributed by atoms with Crippen molar-refractivity contribution in [3.05, 3.63) is 0 Å². The summed E-state index contributed by atoms with van der Waals surface area (Å²) in [5.74, 6) is -2.19. The molecule has 7 nitrogen and oxygen atoms in total. The second-order valence-corrected chi connectivity index (χ2v) is 4.19. The average molecular weight is 222 g/mol. The number of nitrogens with zero attached hydrogens (tertiary/aromatic N) is 1. The molecule has 0 aliphatic rings. The van der Waals surface area contributed by atoms with Crippen LogP contribution in [0.3, 0.4) is 0 Å². The van der Waals surface area contributed by atoms with Crippen LogP contribution >= 0.6 is 0 Å². The van der Waals surface area contributed by atoms with Crippen LogP contribution in [0.4, 0.5) is 0 Å². The molecule has 0 heterocycles. The van der Waals surface area contributed by atoms with E-state index < -0.39 is 34.4 Å². The number of nitriles is 1. The van der Waals surface area contributed by atoms with Gasteiger partial charge in [0.25, 0.3) is 0 Å². The molecule has 8 heteroatoms. The fraction of sp³-hybridized carbons (Fsp3) is 0.667. The Hall–Kier alpha value is -1.17. The Kier molecular flexibility index (Phi) is 5.07. The van der Waals surface area contributed by atoms with E-state index in [1.54, 1.807) is 4.72 Å². The lowest BCUT2D eigenvalue weighted by atomic mass is 10.2. The Morgan fingerprint density at radius 1 is 1.57 bits per heavy atom. The summed E-state index contributed by atoms with van der Waals surface area (Å²) in [6, 6.07) is -0.00194. The van der Waals surface area contributed by atoms with E-state index in [4.69, 9.17) is 15.5 Å². The molecule has 0 aromatic heterocycles. The van der Waals surface area contributed by atoms with Gasteiger partial charge in [-0.3, -0.25) is 4.79 Å². The highest BCUT2D eigenvalue weighted by Crippen LogP contribution is 1.95. The lowest BCUT2D eigenvalue weighted by Crippen LogP contribution is -2.42. The van der Waals surface area contributed by atoms with Gasteiger partial charge in [0.1, 0.15) is 6.04 Å². The summed E-state index contributed by atoms with van der Waals surface area (Å²) in [5, 5.41) is 25.1. The molecular weight excluding hydrogens is 212 g/mol. The van der Waals surface area contributed by atoms with Gasteiger partial charge in [-0.25, -0.2) is 8.42 Å². The lowest BCUT2D eigenvalue weighted by Gasteiger charge is -2.11. The molecule has 1 unspecified atom stereocenters. The predicted octanol–water partition coefficient (Wildman–Crippen LogP) is -1.74. The van der Waals surface area contributed by atoms with Crippen LogP contribution in [0.25, 0.3) is 0 Å². The smallest absolute Gasteiger partial charge is 0.321 e. The van der Waals surface area contributed by atoms with Gasteiger partial charge in [0.05, 0.1) is 6.07 Å². The van der Waals surface area contributed by atoms with Gasteiger partial charge in [-0.2, -0.15) is 9.98 Å². The van der Waals surface area contributed by atoms with Gasteiger partial charge in [0.15, 0.2) is 5.75 Å². The zero-order valence-corrected chi connectivity index (χ0v) is 7.99. The molecule has 0 saturated carbocycles. The summed E-state index contributed by atoms with van der Waals surface area (Å²) in [6.45, 7) is -0.452. The third-order valence-electron chi connectivity index (χ3n) is 1.29. The van der Waals surface area contributed by atoms with Crippen LogP contribution in [0.5, 0.6) is 0 Å². The zero-order valence-electron chi connectivity index (χ0n) is 7.17. The summed E-state index contributed by atoms with van der Waals surface area (Å²) in [7, 11) is -3.90. The fourth-order valence-electron chi connectivity index (χ4n) is 0.705. The summed E-state index contributed by atoms with van der Waals surface area (Å²) < 4.78 is 23.7. The Morgan fingerprint density at radius 3 is 2.50 bits per heavy atom. The van der Waals surface area contributed by atoms with Crippen molar-refractivity contribution in [2.45, 2.75) is 12.5 Å². The number of hydrogen-bond donors (Lipinski definition) is 3. The number of sulfonamides is 1. The number of carbonyl (C=O) groups is 1. The molecule has 0 amide bonds. The normalized spacial score (nSPS) is 13.1. The van der Waals surface area contributed by atoms with Crippen LogP contribution in [0.2, 0.25) is 0 Å². The SMILES string of the molecule is N#CCS(=O)(=O)NC(CCO)C(=O)O. The minimum atomic E-state index is -3.90. The number of nitrogens with one attached hydrogen (secondary N) is 1. The standard InChI is InChI=1S/C6H10N2O5S/c7-2-4-14(12,13)8-5(1-3-9)6(10)11/h5,8-9H,1,3-4H2,(H,10,11). The Balaban J connectivity index is 4.46. The molecule has 0 radical (unpaired) electrons. The fourth-order valence-corrected chi connectivity index (χ4v) is 1.61. The van der Waals surface area contributed by atoms with Crippen molar-refractivity contribution < 1.29 is 23.4 Å². The first kappa shape index (κ1) is 12.8. The first-order chi connectivity index (χ1) is 6.43. The van der Waals surface area contributed by atoms with Gasteiger partial charge in [0.2, 0.25) is 10.0 Å². The molecular formula is C6H10N2O5S. The van der Waals surface area contributed by atoms with Crippen LogP contribution in [0.1, 0.15) is 6.42 Å². The number of rotatable bonds is 6. The molecule has 0 aliphatic heterocycles. The van der Waals surface area contributed by atoms with E-state index in [1.807, 2.05) is 0 Å². The lowest BCUT2D eigenvalue weighted by molar-refractivity contribution is -0.139. The minimum absolute atomic E-state index is 0.236. The summed E-state index contributed by atoms with van der Waals surface area (Å²) in [4.78, 5) is 10.5. The van der Waals surface area contributed by atoms with Gasteiger partial charge in [-0.05, 0) is 6.42 Å². The van der Waals surface area contributed by atoms with Crippen molar-refractivity contribution >= 4 is 16.0 Å². The monoisotopic (exact) mass is 222 g/mol. The van der Waals surface area contributed by atoms with Gasteiger partial charge < -0.3 is 10.2 Å². The van der Waals surface area contributed by atoms with E-state index in [1.165, 1.54) is 6.07 Å². The highest BCUT2D eigenvalue weighted by molar-refractivity contribution is 7.89. The maximum atomic E-state index is 10.9. The van der Waals surface area contributed by atoms with E-state index in [2.05, 4.69) is 0 Å². The second kappa shape index (κ2) is 5.54. The van der Waals surface area contributed by atoms with Crippen LogP contribution in [0.15, 0.2) is 0 Å². The average Bonchev–Trinajstić information content (AvgIpc) is 2.02. The van der Waals surface area contributed by atoms with Crippen molar-refractivity contribution in [2.24, 2.45) is 0 Å². The molecule has 3 N–H and O–H groups in total. The third kappa shape index (κ3) is 4.76. The Bertz CT molecular complexity index is 331. The summed E-state index contributed by atoms with van der Waals surface area (Å²) in [6.07, 6.45) is -0.236. The highest BCUT2D eigenvalue weighted by atomic mass is 32.2. The summed E-state index contributed by atoms with van der Waals surface area (Å²) in [5.41, 5.74) is 0. The molecule has 0 rings (SSSR count). The quantitative estimate of drug-likeness (QED) is 0.489. The van der Waals surface area contributed by atoms with E-state index in [9.17, 15) is 13.2 Å². The number of hydrogen-bond acceptors (Lipinski definition) is 5. The number of aliphatic hydroxyl groups is 1. The first-order valence-electron chi connectivity index (χ1n) is 3.63. The predicted molar refractivity (Wildman–Crippen MR) is 45.7 cm³/mol. The Morgan fingerprint density at radius 2 is 2.14 bits per heavy atom. The van der Waals surface area contributed by atoms with Crippen molar-refractivity contribution in [1.29, 1.82) is 5.26 Å². The maximum Gasteiger partial charge on any atom is 0.321 e. The van der Waals surface area contributed by atoms with Crippen LogP contribution in [0, 0.1) is 11.3 Å². The van der Waals surface area contributed by atoms with Crippen molar-refractivity contribution in [3.63, 3.8) is 0 Å². The Labute approximate surface area is 81.0 Å². The largest absolute Gasteiger partial charge is 0.480 e. The van der Waals surface area contributed by atoms with E-state index in [-0.39, 0.29) is 6.42 Å². The molecule has 0 aromatic rings. The molecule has 0 aliphatic carbocycles. The van der Waals surface area contributed by atoms with Crippen molar-refractivity contribution in [1.82, 2.24) is 4.72 Å². The van der Waals surface area contributed by atoms with Crippen molar-refractivity contribution in [3.8, 4) is 6.07 Å². The molecule has 0 saturated heterocycles. The van der Waals surface area contributed by atoms with Gasteiger partial charge in [0, 0.05) is 6.61 Å². The number of carboxylic acids is 1. The number of aliphatic hydroxyl groups excluding tert-OH is 1. The topological polar surface area (TPSA) is 127 Å². The molecule has 14 heavy (non-hydrogen) atoms. The van der Waals surface area contributed by atoms with Crippen LogP contribution in [-0.4, -0.2) is 43.0 Å². The van der Waals surface area contributed by atoms with E-state index >= 15 is 0 Å². The highest BCUT2D eigenvalue weighted by Gasteiger charge is 2.22.